The fourth-order valence-electron chi connectivity index (χ4n) is 2.04. The molecule has 134 valence electrons. The maximum Gasteiger partial charge on any atom is 0.349 e. The summed E-state index contributed by atoms with van der Waals surface area (Å²) in [6.07, 6.45) is 2.87. The van der Waals surface area contributed by atoms with Crippen molar-refractivity contribution < 1.29 is 19.0 Å². The lowest BCUT2D eigenvalue weighted by molar-refractivity contribution is -0.137. The number of carbonyl (C=O) groups is 1. The van der Waals surface area contributed by atoms with Crippen LogP contribution in [0.15, 0.2) is 41.8 Å². The summed E-state index contributed by atoms with van der Waals surface area (Å²) in [5, 5.41) is 12.1. The SMILES string of the molecule is C=CCOC(=O)/C(C#N)=C/c1ccc(OCc2csc(C)n2)c(OC)c1. The Morgan fingerprint density at radius 2 is 2.23 bits per heavy atom. The highest BCUT2D eigenvalue weighted by Crippen LogP contribution is 2.29. The van der Waals surface area contributed by atoms with Gasteiger partial charge in [-0.2, -0.15) is 5.26 Å². The number of methoxy groups -OCH3 is 1. The third kappa shape index (κ3) is 5.19. The van der Waals surface area contributed by atoms with E-state index in [0.717, 1.165) is 10.7 Å². The number of benzene rings is 1. The highest BCUT2D eigenvalue weighted by molar-refractivity contribution is 7.09. The summed E-state index contributed by atoms with van der Waals surface area (Å²) in [7, 11) is 1.52. The molecule has 0 unspecified atom stereocenters. The van der Waals surface area contributed by atoms with Gasteiger partial charge in [-0.05, 0) is 30.7 Å². The zero-order chi connectivity index (χ0) is 18.9. The van der Waals surface area contributed by atoms with E-state index in [1.165, 1.54) is 19.3 Å². The molecule has 0 spiro atoms. The van der Waals surface area contributed by atoms with Crippen LogP contribution >= 0.6 is 11.3 Å². The van der Waals surface area contributed by atoms with E-state index < -0.39 is 5.97 Å². The Morgan fingerprint density at radius 3 is 2.85 bits per heavy atom. The molecule has 26 heavy (non-hydrogen) atoms. The van der Waals surface area contributed by atoms with Crippen molar-refractivity contribution in [3.8, 4) is 17.6 Å². The van der Waals surface area contributed by atoms with Crippen molar-refractivity contribution in [2.45, 2.75) is 13.5 Å². The zero-order valence-electron chi connectivity index (χ0n) is 14.5. The lowest BCUT2D eigenvalue weighted by Crippen LogP contribution is -2.06. The predicted molar refractivity (Wildman–Crippen MR) is 98.9 cm³/mol. The van der Waals surface area contributed by atoms with Crippen molar-refractivity contribution in [1.82, 2.24) is 4.98 Å². The first-order chi connectivity index (χ1) is 12.6. The molecular formula is C19H18N2O4S. The summed E-state index contributed by atoms with van der Waals surface area (Å²) in [6, 6.07) is 6.95. The molecule has 0 aliphatic carbocycles. The van der Waals surface area contributed by atoms with E-state index >= 15 is 0 Å². The lowest BCUT2D eigenvalue weighted by atomic mass is 10.1. The fraction of sp³-hybridized carbons (Fsp3) is 0.211. The molecule has 7 heteroatoms. The largest absolute Gasteiger partial charge is 0.493 e. The van der Waals surface area contributed by atoms with Gasteiger partial charge in [0.25, 0.3) is 0 Å². The van der Waals surface area contributed by atoms with E-state index in [9.17, 15) is 4.79 Å². The van der Waals surface area contributed by atoms with Gasteiger partial charge in [0.2, 0.25) is 0 Å². The topological polar surface area (TPSA) is 81.4 Å². The maximum absolute atomic E-state index is 11.8. The van der Waals surface area contributed by atoms with Gasteiger partial charge in [-0.3, -0.25) is 0 Å². The van der Waals surface area contributed by atoms with Gasteiger partial charge in [0.15, 0.2) is 11.5 Å². The number of nitrogens with zero attached hydrogens (tertiary/aromatic N) is 2. The van der Waals surface area contributed by atoms with Gasteiger partial charge in [0.05, 0.1) is 17.8 Å². The van der Waals surface area contributed by atoms with Gasteiger partial charge in [0, 0.05) is 5.38 Å². The molecule has 1 heterocycles. The number of carbonyl (C=O) groups excluding carboxylic acids is 1. The van der Waals surface area contributed by atoms with E-state index in [2.05, 4.69) is 11.6 Å². The molecule has 6 nitrogen and oxygen atoms in total. The van der Waals surface area contributed by atoms with E-state index in [1.54, 1.807) is 29.5 Å². The molecular weight excluding hydrogens is 352 g/mol. The summed E-state index contributed by atoms with van der Waals surface area (Å²) in [6.45, 7) is 5.77. The second-order valence-electron chi connectivity index (χ2n) is 5.11. The van der Waals surface area contributed by atoms with Gasteiger partial charge >= 0.3 is 5.97 Å². The number of thiazole rings is 1. The van der Waals surface area contributed by atoms with Crippen molar-refractivity contribution in [2.24, 2.45) is 0 Å². The summed E-state index contributed by atoms with van der Waals surface area (Å²) in [4.78, 5) is 16.1. The lowest BCUT2D eigenvalue weighted by Gasteiger charge is -2.10. The highest BCUT2D eigenvalue weighted by atomic mass is 32.1. The van der Waals surface area contributed by atoms with Gasteiger partial charge in [-0.25, -0.2) is 9.78 Å². The molecule has 0 atom stereocenters. The number of nitriles is 1. The second-order valence-corrected chi connectivity index (χ2v) is 6.18. The molecule has 0 saturated heterocycles. The first kappa shape index (κ1) is 19.2. The van der Waals surface area contributed by atoms with Crippen LogP contribution < -0.4 is 9.47 Å². The van der Waals surface area contributed by atoms with Crippen LogP contribution in [-0.4, -0.2) is 24.7 Å². The van der Waals surface area contributed by atoms with Crippen LogP contribution in [0.5, 0.6) is 11.5 Å². The van der Waals surface area contributed by atoms with E-state index in [-0.39, 0.29) is 12.2 Å². The van der Waals surface area contributed by atoms with E-state index in [0.29, 0.717) is 23.7 Å². The molecule has 0 radical (unpaired) electrons. The molecule has 0 fully saturated rings. The number of aromatic nitrogens is 1. The Bertz CT molecular complexity index is 865. The van der Waals surface area contributed by atoms with E-state index in [4.69, 9.17) is 19.5 Å². The van der Waals surface area contributed by atoms with Gasteiger partial charge in [0.1, 0.15) is 24.9 Å². The minimum atomic E-state index is -0.703. The molecule has 0 amide bonds. The normalized spacial score (nSPS) is 10.7. The summed E-state index contributed by atoms with van der Waals surface area (Å²) < 4.78 is 16.0. The van der Waals surface area contributed by atoms with Crippen molar-refractivity contribution in [3.05, 3.63) is 58.1 Å². The molecule has 2 rings (SSSR count). The minimum absolute atomic E-state index is 0.0457. The Balaban J connectivity index is 2.16. The average molecular weight is 370 g/mol. The van der Waals surface area contributed by atoms with Crippen LogP contribution in [0.1, 0.15) is 16.3 Å². The number of aryl methyl sites for hydroxylation is 1. The number of ether oxygens (including phenoxy) is 3. The van der Waals surface area contributed by atoms with Crippen LogP contribution in [0.2, 0.25) is 0 Å². The third-order valence-electron chi connectivity index (χ3n) is 3.21. The Morgan fingerprint density at radius 1 is 1.42 bits per heavy atom. The Labute approximate surface area is 156 Å². The summed E-state index contributed by atoms with van der Waals surface area (Å²) >= 11 is 1.56. The standard InChI is InChI=1S/C19H18N2O4S/c1-4-7-24-19(22)15(10-20)8-14-5-6-17(18(9-14)23-3)25-11-16-12-26-13(2)21-16/h4-6,8-9,12H,1,7,11H2,2-3H3/b15-8+. The maximum atomic E-state index is 11.8. The summed E-state index contributed by atoms with van der Waals surface area (Å²) in [5.74, 6) is 0.330. The molecule has 2 aromatic rings. The van der Waals surface area contributed by atoms with Crippen molar-refractivity contribution in [3.63, 3.8) is 0 Å². The fourth-order valence-corrected chi connectivity index (χ4v) is 2.63. The Kier molecular flexibility index (Phi) is 6.94. The molecule has 0 aliphatic rings. The monoisotopic (exact) mass is 370 g/mol. The number of esters is 1. The van der Waals surface area contributed by atoms with Crippen LogP contribution in [0.25, 0.3) is 6.08 Å². The van der Waals surface area contributed by atoms with Gasteiger partial charge in [-0.1, -0.05) is 18.7 Å². The quantitative estimate of drug-likeness (QED) is 0.305. The molecule has 0 saturated carbocycles. The average Bonchev–Trinajstić information content (AvgIpc) is 3.07. The van der Waals surface area contributed by atoms with Crippen molar-refractivity contribution >= 4 is 23.4 Å². The third-order valence-corrected chi connectivity index (χ3v) is 4.04. The van der Waals surface area contributed by atoms with Crippen molar-refractivity contribution in [2.75, 3.05) is 13.7 Å². The molecule has 1 aromatic carbocycles. The molecule has 0 N–H and O–H groups in total. The molecule has 1 aromatic heterocycles. The minimum Gasteiger partial charge on any atom is -0.493 e. The van der Waals surface area contributed by atoms with Crippen LogP contribution in [0.4, 0.5) is 0 Å². The predicted octanol–water partition coefficient (Wildman–Crippen LogP) is 3.68. The van der Waals surface area contributed by atoms with Crippen molar-refractivity contribution in [1.29, 1.82) is 5.26 Å². The number of hydrogen-bond acceptors (Lipinski definition) is 7. The zero-order valence-corrected chi connectivity index (χ0v) is 15.3. The second kappa shape index (κ2) is 9.39. The van der Waals surface area contributed by atoms with Gasteiger partial charge < -0.3 is 14.2 Å². The summed E-state index contributed by atoms with van der Waals surface area (Å²) in [5.41, 5.74) is 1.35. The first-order valence-electron chi connectivity index (χ1n) is 7.69. The smallest absolute Gasteiger partial charge is 0.349 e. The number of rotatable bonds is 8. The number of hydrogen-bond donors (Lipinski definition) is 0. The molecule has 0 aliphatic heterocycles. The van der Waals surface area contributed by atoms with Gasteiger partial charge in [-0.15, -0.1) is 11.3 Å². The van der Waals surface area contributed by atoms with Crippen LogP contribution in [-0.2, 0) is 16.1 Å². The van der Waals surface area contributed by atoms with Crippen LogP contribution in [0, 0.1) is 18.3 Å². The Hall–Kier alpha value is -3.11. The van der Waals surface area contributed by atoms with Crippen LogP contribution in [0.3, 0.4) is 0 Å². The molecule has 0 bridgehead atoms. The highest BCUT2D eigenvalue weighted by Gasteiger charge is 2.12. The first-order valence-corrected chi connectivity index (χ1v) is 8.57. The van der Waals surface area contributed by atoms with E-state index in [1.807, 2.05) is 18.4 Å².